The Balaban J connectivity index is 1.74. The summed E-state index contributed by atoms with van der Waals surface area (Å²) in [5, 5.41) is 3.32. The van der Waals surface area contributed by atoms with Gasteiger partial charge in [0.25, 0.3) is 5.91 Å². The number of likely N-dealkylation sites (tertiary alicyclic amines) is 1. The van der Waals surface area contributed by atoms with Crippen molar-refractivity contribution in [1.29, 1.82) is 0 Å². The molecule has 1 fully saturated rings. The first-order chi connectivity index (χ1) is 11.7. The van der Waals surface area contributed by atoms with Crippen LogP contribution in [0.5, 0.6) is 0 Å². The molecule has 1 aliphatic rings. The number of rotatable bonds is 2. The molecule has 1 aromatic heterocycles. The van der Waals surface area contributed by atoms with Crippen LogP contribution in [0.4, 0.5) is 0 Å². The van der Waals surface area contributed by atoms with E-state index in [9.17, 15) is 4.79 Å². The molecule has 1 aliphatic heterocycles. The fraction of sp³-hybridized carbons (Fsp3) is 0.300. The van der Waals surface area contributed by atoms with E-state index in [1.807, 2.05) is 24.0 Å². The monoisotopic (exact) mass is 336 g/mol. The van der Waals surface area contributed by atoms with Crippen LogP contribution >= 0.6 is 11.3 Å². The number of aromatic nitrogens is 1. The predicted octanol–water partition coefficient (Wildman–Crippen LogP) is 4.90. The molecule has 0 saturated carbocycles. The van der Waals surface area contributed by atoms with E-state index in [1.165, 1.54) is 28.5 Å². The lowest BCUT2D eigenvalue weighted by Crippen LogP contribution is -2.35. The molecule has 24 heavy (non-hydrogen) atoms. The minimum absolute atomic E-state index is 0.149. The largest absolute Gasteiger partial charge is 0.338 e. The topological polar surface area (TPSA) is 33.2 Å². The standard InChI is InChI=1S/C20H20N2OS/c1-14-18(20(23)22-12-5-2-6-13-22)24-19(21-14)17-11-7-9-15-8-3-4-10-16(15)17/h3-4,7-11H,2,5-6,12-13H2,1H3. The molecule has 3 nitrogen and oxygen atoms in total. The maximum absolute atomic E-state index is 12.8. The van der Waals surface area contributed by atoms with Crippen molar-refractivity contribution in [3.63, 3.8) is 0 Å². The Morgan fingerprint density at radius 1 is 1.04 bits per heavy atom. The average Bonchev–Trinajstić information content (AvgIpc) is 3.03. The number of hydrogen-bond acceptors (Lipinski definition) is 3. The number of carbonyl (C=O) groups is 1. The maximum atomic E-state index is 12.8. The zero-order chi connectivity index (χ0) is 16.5. The summed E-state index contributed by atoms with van der Waals surface area (Å²) in [5.41, 5.74) is 1.96. The van der Waals surface area contributed by atoms with Crippen molar-refractivity contribution >= 4 is 28.0 Å². The highest BCUT2D eigenvalue weighted by Crippen LogP contribution is 2.34. The maximum Gasteiger partial charge on any atom is 0.265 e. The molecule has 4 rings (SSSR count). The van der Waals surface area contributed by atoms with Crippen LogP contribution in [0.2, 0.25) is 0 Å². The molecule has 0 atom stereocenters. The van der Waals surface area contributed by atoms with Crippen molar-refractivity contribution in [2.75, 3.05) is 13.1 Å². The van der Waals surface area contributed by atoms with Gasteiger partial charge in [0.1, 0.15) is 9.88 Å². The van der Waals surface area contributed by atoms with Gasteiger partial charge in [-0.15, -0.1) is 11.3 Å². The summed E-state index contributed by atoms with van der Waals surface area (Å²) in [6.07, 6.45) is 3.45. The number of thiazole rings is 1. The van der Waals surface area contributed by atoms with E-state index in [2.05, 4.69) is 30.3 Å². The Hall–Kier alpha value is -2.20. The van der Waals surface area contributed by atoms with Crippen LogP contribution in [-0.2, 0) is 0 Å². The lowest BCUT2D eigenvalue weighted by atomic mass is 10.1. The quantitative estimate of drug-likeness (QED) is 0.667. The van der Waals surface area contributed by atoms with E-state index in [0.717, 1.165) is 47.1 Å². The van der Waals surface area contributed by atoms with Crippen LogP contribution in [0, 0.1) is 6.92 Å². The van der Waals surface area contributed by atoms with Crippen molar-refractivity contribution in [3.05, 3.63) is 53.0 Å². The smallest absolute Gasteiger partial charge is 0.265 e. The SMILES string of the molecule is Cc1nc(-c2cccc3ccccc23)sc1C(=O)N1CCCCC1. The summed E-state index contributed by atoms with van der Waals surface area (Å²) >= 11 is 1.53. The Kier molecular flexibility index (Phi) is 4.07. The van der Waals surface area contributed by atoms with Crippen LogP contribution in [0.3, 0.4) is 0 Å². The van der Waals surface area contributed by atoms with E-state index in [4.69, 9.17) is 4.98 Å². The predicted molar refractivity (Wildman–Crippen MR) is 99.5 cm³/mol. The highest BCUT2D eigenvalue weighted by Gasteiger charge is 2.23. The molecule has 2 heterocycles. The van der Waals surface area contributed by atoms with Gasteiger partial charge in [-0.25, -0.2) is 4.98 Å². The summed E-state index contributed by atoms with van der Waals surface area (Å²) in [6, 6.07) is 14.6. The highest BCUT2D eigenvalue weighted by atomic mass is 32.1. The lowest BCUT2D eigenvalue weighted by Gasteiger charge is -2.26. The third-order valence-electron chi connectivity index (χ3n) is 4.65. The van der Waals surface area contributed by atoms with Gasteiger partial charge in [-0.2, -0.15) is 0 Å². The molecule has 0 N–H and O–H groups in total. The Morgan fingerprint density at radius 2 is 1.79 bits per heavy atom. The number of carbonyl (C=O) groups excluding carboxylic acids is 1. The minimum atomic E-state index is 0.149. The second-order valence-electron chi connectivity index (χ2n) is 6.31. The van der Waals surface area contributed by atoms with E-state index < -0.39 is 0 Å². The fourth-order valence-electron chi connectivity index (χ4n) is 3.36. The summed E-state index contributed by atoms with van der Waals surface area (Å²) in [7, 11) is 0. The minimum Gasteiger partial charge on any atom is -0.338 e. The van der Waals surface area contributed by atoms with Crippen molar-refractivity contribution in [2.24, 2.45) is 0 Å². The summed E-state index contributed by atoms with van der Waals surface area (Å²) < 4.78 is 0. The molecule has 122 valence electrons. The molecule has 4 heteroatoms. The number of fused-ring (bicyclic) bond motifs is 1. The van der Waals surface area contributed by atoms with Crippen molar-refractivity contribution in [1.82, 2.24) is 9.88 Å². The number of aryl methyl sites for hydroxylation is 1. The number of amides is 1. The normalized spacial score (nSPS) is 15.0. The molecule has 0 bridgehead atoms. The number of piperidine rings is 1. The molecular weight excluding hydrogens is 316 g/mol. The highest BCUT2D eigenvalue weighted by molar-refractivity contribution is 7.17. The van der Waals surface area contributed by atoms with Gasteiger partial charge in [0, 0.05) is 18.7 Å². The van der Waals surface area contributed by atoms with Gasteiger partial charge < -0.3 is 4.90 Å². The Morgan fingerprint density at radius 3 is 2.62 bits per heavy atom. The summed E-state index contributed by atoms with van der Waals surface area (Å²) in [4.78, 5) is 20.3. The van der Waals surface area contributed by atoms with Gasteiger partial charge >= 0.3 is 0 Å². The van der Waals surface area contributed by atoms with Crippen molar-refractivity contribution in [3.8, 4) is 10.6 Å². The molecule has 0 spiro atoms. The lowest BCUT2D eigenvalue weighted by molar-refractivity contribution is 0.0728. The first kappa shape index (κ1) is 15.3. The third-order valence-corrected chi connectivity index (χ3v) is 5.83. The van der Waals surface area contributed by atoms with Crippen molar-refractivity contribution < 1.29 is 4.79 Å². The molecular formula is C20H20N2OS. The zero-order valence-corrected chi connectivity index (χ0v) is 14.6. The Bertz CT molecular complexity index is 888. The van der Waals surface area contributed by atoms with Gasteiger partial charge in [-0.05, 0) is 37.0 Å². The Labute approximate surface area is 146 Å². The molecule has 0 unspecified atom stereocenters. The summed E-state index contributed by atoms with van der Waals surface area (Å²) in [5.74, 6) is 0.149. The fourth-order valence-corrected chi connectivity index (χ4v) is 4.44. The first-order valence-corrected chi connectivity index (χ1v) is 9.30. The van der Waals surface area contributed by atoms with Crippen LogP contribution in [0.15, 0.2) is 42.5 Å². The van der Waals surface area contributed by atoms with E-state index in [-0.39, 0.29) is 5.91 Å². The zero-order valence-electron chi connectivity index (χ0n) is 13.8. The molecule has 0 radical (unpaired) electrons. The van der Waals surface area contributed by atoms with Gasteiger partial charge in [-0.3, -0.25) is 4.79 Å². The van der Waals surface area contributed by atoms with Crippen molar-refractivity contribution in [2.45, 2.75) is 26.2 Å². The van der Waals surface area contributed by atoms with Gasteiger partial charge in [0.15, 0.2) is 0 Å². The van der Waals surface area contributed by atoms with Crippen LogP contribution in [0.1, 0.15) is 34.6 Å². The first-order valence-electron chi connectivity index (χ1n) is 8.49. The number of hydrogen-bond donors (Lipinski definition) is 0. The van der Waals surface area contributed by atoms with Crippen LogP contribution in [-0.4, -0.2) is 28.9 Å². The average molecular weight is 336 g/mol. The molecule has 1 amide bonds. The molecule has 0 aliphatic carbocycles. The van der Waals surface area contributed by atoms with Crippen LogP contribution < -0.4 is 0 Å². The van der Waals surface area contributed by atoms with E-state index >= 15 is 0 Å². The van der Waals surface area contributed by atoms with E-state index in [0.29, 0.717) is 0 Å². The van der Waals surface area contributed by atoms with Gasteiger partial charge in [0.2, 0.25) is 0 Å². The molecule has 1 saturated heterocycles. The molecule has 3 aromatic rings. The number of nitrogens with zero attached hydrogens (tertiary/aromatic N) is 2. The third kappa shape index (κ3) is 2.71. The van der Waals surface area contributed by atoms with E-state index in [1.54, 1.807) is 0 Å². The second kappa shape index (κ2) is 6.36. The number of benzene rings is 2. The molecule has 2 aromatic carbocycles. The van der Waals surface area contributed by atoms with Gasteiger partial charge in [-0.1, -0.05) is 42.5 Å². The summed E-state index contributed by atoms with van der Waals surface area (Å²) in [6.45, 7) is 3.70. The second-order valence-corrected chi connectivity index (χ2v) is 7.31. The van der Waals surface area contributed by atoms with Crippen LogP contribution in [0.25, 0.3) is 21.3 Å². The van der Waals surface area contributed by atoms with Gasteiger partial charge in [0.05, 0.1) is 5.69 Å².